The van der Waals surface area contributed by atoms with Crippen LogP contribution in [0.25, 0.3) is 0 Å². The van der Waals surface area contributed by atoms with E-state index in [1.807, 2.05) is 0 Å². The normalized spacial score (nSPS) is 13.9. The number of hydrogen-bond acceptors (Lipinski definition) is 0. The first-order valence-corrected chi connectivity index (χ1v) is 3.99. The second kappa shape index (κ2) is 5.26. The highest BCUT2D eigenvalue weighted by Crippen LogP contribution is 2.23. The molecule has 0 N–H and O–H groups in total. The van der Waals surface area contributed by atoms with Crippen LogP contribution in [-0.4, -0.2) is 12.4 Å². The molecule has 0 saturated heterocycles. The van der Waals surface area contributed by atoms with Gasteiger partial charge in [0.15, 0.2) is 0 Å². The molecule has 0 heterocycles. The summed E-state index contributed by atoms with van der Waals surface area (Å²) < 4.78 is 69.2. The van der Waals surface area contributed by atoms with E-state index in [0.717, 1.165) is 12.2 Å². The van der Waals surface area contributed by atoms with E-state index in [1.54, 1.807) is 0 Å². The van der Waals surface area contributed by atoms with Crippen LogP contribution >= 0.6 is 0 Å². The first kappa shape index (κ1) is 13.3. The summed E-state index contributed by atoms with van der Waals surface area (Å²) in [6.45, 7) is 0. The molecule has 0 atom stereocenters. The topological polar surface area (TPSA) is 0 Å². The molecule has 0 radical (unpaired) electrons. The zero-order valence-electron chi connectivity index (χ0n) is 7.25. The average molecular weight is 220 g/mol. The smallest absolute Gasteiger partial charge is 0.171 e. The number of halogens is 6. The maximum Gasteiger partial charge on any atom is 0.389 e. The number of alkyl halides is 6. The monoisotopic (exact) mass is 220 g/mol. The lowest BCUT2D eigenvalue weighted by Crippen LogP contribution is -2.06. The zero-order chi connectivity index (χ0) is 11.2. The minimum absolute atomic E-state index is 0.263. The molecular weight excluding hydrogens is 210 g/mol. The van der Waals surface area contributed by atoms with Crippen LogP contribution in [0.4, 0.5) is 26.3 Å². The lowest BCUT2D eigenvalue weighted by molar-refractivity contribution is -0.135. The van der Waals surface area contributed by atoms with Crippen molar-refractivity contribution in [3.8, 4) is 0 Å². The third kappa shape index (κ3) is 11.3. The fourth-order valence-corrected chi connectivity index (χ4v) is 0.730. The Morgan fingerprint density at radius 1 is 0.643 bits per heavy atom. The Labute approximate surface area is 77.6 Å². The van der Waals surface area contributed by atoms with E-state index in [-0.39, 0.29) is 12.8 Å². The van der Waals surface area contributed by atoms with Crippen molar-refractivity contribution in [2.24, 2.45) is 0 Å². The van der Waals surface area contributed by atoms with Crippen molar-refractivity contribution in [1.82, 2.24) is 0 Å². The van der Waals surface area contributed by atoms with Crippen LogP contribution < -0.4 is 0 Å². The molecular formula is C8H10F6. The third-order valence-corrected chi connectivity index (χ3v) is 1.36. The van der Waals surface area contributed by atoms with Crippen LogP contribution in [0.15, 0.2) is 12.2 Å². The summed E-state index contributed by atoms with van der Waals surface area (Å²) in [6.07, 6.45) is -8.74. The van der Waals surface area contributed by atoms with E-state index >= 15 is 0 Å². The van der Waals surface area contributed by atoms with Crippen molar-refractivity contribution in [2.75, 3.05) is 0 Å². The first-order valence-electron chi connectivity index (χ1n) is 3.99. The molecule has 0 aliphatic heterocycles. The second-order valence-electron chi connectivity index (χ2n) is 2.78. The summed E-state index contributed by atoms with van der Waals surface area (Å²) in [5.41, 5.74) is 0. The molecule has 0 bridgehead atoms. The maximum atomic E-state index is 11.5. The Morgan fingerprint density at radius 3 is 1.14 bits per heavy atom. The lowest BCUT2D eigenvalue weighted by atomic mass is 10.2. The lowest BCUT2D eigenvalue weighted by Gasteiger charge is -2.03. The Balaban J connectivity index is 3.47. The van der Waals surface area contributed by atoms with Gasteiger partial charge in [-0.1, -0.05) is 12.2 Å². The van der Waals surface area contributed by atoms with Crippen molar-refractivity contribution in [3.63, 3.8) is 0 Å². The summed E-state index contributed by atoms with van der Waals surface area (Å²) in [6, 6.07) is 0. The quantitative estimate of drug-likeness (QED) is 0.491. The van der Waals surface area contributed by atoms with Gasteiger partial charge in [-0.2, -0.15) is 26.3 Å². The van der Waals surface area contributed by atoms with Gasteiger partial charge in [-0.05, 0) is 12.8 Å². The van der Waals surface area contributed by atoms with Crippen LogP contribution in [0, 0.1) is 0 Å². The average Bonchev–Trinajstić information content (AvgIpc) is 1.92. The Morgan fingerprint density at radius 2 is 0.929 bits per heavy atom. The predicted octanol–water partition coefficient (Wildman–Crippen LogP) is 4.23. The SMILES string of the molecule is FC(F)(F)CCC=CCCC(F)(F)F. The number of hydrogen-bond donors (Lipinski definition) is 0. The van der Waals surface area contributed by atoms with Crippen molar-refractivity contribution < 1.29 is 26.3 Å². The minimum Gasteiger partial charge on any atom is -0.171 e. The molecule has 0 aromatic carbocycles. The van der Waals surface area contributed by atoms with Crippen LogP contribution in [-0.2, 0) is 0 Å². The minimum atomic E-state index is -4.24. The Bertz CT molecular complexity index is 155. The van der Waals surface area contributed by atoms with E-state index < -0.39 is 25.2 Å². The molecule has 0 aromatic heterocycles. The predicted molar refractivity (Wildman–Crippen MR) is 39.7 cm³/mol. The van der Waals surface area contributed by atoms with Crippen molar-refractivity contribution >= 4 is 0 Å². The number of rotatable bonds is 4. The molecule has 0 amide bonds. The van der Waals surface area contributed by atoms with Gasteiger partial charge in [0, 0.05) is 12.8 Å². The highest BCUT2D eigenvalue weighted by atomic mass is 19.4. The fourth-order valence-electron chi connectivity index (χ4n) is 0.730. The Kier molecular flexibility index (Phi) is 5.01. The molecule has 0 nitrogen and oxygen atoms in total. The van der Waals surface area contributed by atoms with Gasteiger partial charge in [-0.3, -0.25) is 0 Å². The van der Waals surface area contributed by atoms with Crippen LogP contribution in [0.2, 0.25) is 0 Å². The molecule has 0 unspecified atom stereocenters. The van der Waals surface area contributed by atoms with Gasteiger partial charge >= 0.3 is 12.4 Å². The highest BCUT2D eigenvalue weighted by Gasteiger charge is 2.26. The van der Waals surface area contributed by atoms with Crippen LogP contribution in [0.5, 0.6) is 0 Å². The molecule has 0 aromatic rings. The van der Waals surface area contributed by atoms with Gasteiger partial charge in [-0.25, -0.2) is 0 Å². The molecule has 0 aliphatic carbocycles. The summed E-state index contributed by atoms with van der Waals surface area (Å²) in [5, 5.41) is 0. The van der Waals surface area contributed by atoms with Crippen molar-refractivity contribution in [1.29, 1.82) is 0 Å². The Hall–Kier alpha value is -0.680. The van der Waals surface area contributed by atoms with Gasteiger partial charge in [0.1, 0.15) is 0 Å². The maximum absolute atomic E-state index is 11.5. The van der Waals surface area contributed by atoms with Crippen molar-refractivity contribution in [2.45, 2.75) is 38.0 Å². The second-order valence-corrected chi connectivity index (χ2v) is 2.78. The van der Waals surface area contributed by atoms with Crippen LogP contribution in [0.3, 0.4) is 0 Å². The van der Waals surface area contributed by atoms with E-state index in [9.17, 15) is 26.3 Å². The van der Waals surface area contributed by atoms with Crippen molar-refractivity contribution in [3.05, 3.63) is 12.2 Å². The van der Waals surface area contributed by atoms with E-state index in [4.69, 9.17) is 0 Å². The van der Waals surface area contributed by atoms with Crippen LogP contribution in [0.1, 0.15) is 25.7 Å². The molecule has 0 rings (SSSR count). The first-order chi connectivity index (χ1) is 6.21. The third-order valence-electron chi connectivity index (χ3n) is 1.36. The molecule has 84 valence electrons. The largest absolute Gasteiger partial charge is 0.389 e. The van der Waals surface area contributed by atoms with Gasteiger partial charge in [0.05, 0.1) is 0 Å². The van der Waals surface area contributed by atoms with Gasteiger partial charge in [-0.15, -0.1) is 0 Å². The molecule has 6 heteroatoms. The van der Waals surface area contributed by atoms with Gasteiger partial charge < -0.3 is 0 Å². The fraction of sp³-hybridized carbons (Fsp3) is 0.750. The number of allylic oxidation sites excluding steroid dienone is 2. The summed E-state index contributed by atoms with van der Waals surface area (Å²) in [7, 11) is 0. The summed E-state index contributed by atoms with van der Waals surface area (Å²) in [4.78, 5) is 0. The van der Waals surface area contributed by atoms with E-state index in [0.29, 0.717) is 0 Å². The highest BCUT2D eigenvalue weighted by molar-refractivity contribution is 4.83. The van der Waals surface area contributed by atoms with Gasteiger partial charge in [0.25, 0.3) is 0 Å². The van der Waals surface area contributed by atoms with E-state index in [2.05, 4.69) is 0 Å². The molecule has 0 spiro atoms. The summed E-state index contributed by atoms with van der Waals surface area (Å²) >= 11 is 0. The summed E-state index contributed by atoms with van der Waals surface area (Å²) in [5.74, 6) is 0. The molecule has 14 heavy (non-hydrogen) atoms. The van der Waals surface area contributed by atoms with Gasteiger partial charge in [0.2, 0.25) is 0 Å². The molecule has 0 saturated carbocycles. The standard InChI is InChI=1S/C8H10F6/c9-7(10,11)5-3-1-2-4-6-8(12,13)14/h1-2H,3-6H2. The van der Waals surface area contributed by atoms with E-state index in [1.165, 1.54) is 0 Å². The molecule has 0 fully saturated rings. The zero-order valence-corrected chi connectivity index (χ0v) is 7.25. The molecule has 0 aliphatic rings.